The van der Waals surface area contributed by atoms with Gasteiger partial charge in [-0.25, -0.2) is 14.6 Å². The maximum atomic E-state index is 14.1. The number of rotatable bonds is 9. The van der Waals surface area contributed by atoms with Crippen molar-refractivity contribution in [2.24, 2.45) is 4.99 Å². The van der Waals surface area contributed by atoms with Gasteiger partial charge in [0.2, 0.25) is 0 Å². The standard InChI is InChI=1S/C33H27BrCl2N2O6S/c1-4-42-31(40)20-12-10-19(11-13-20)17-44-29-21(14-22(35)16-24(29)34)15-26-30(39)38-28(23-8-6-7-9-25(23)36)27(32(41)43-5-2)18(3)37-33(38)45-26/h6-16,28H,4-5,17H2,1-3H3/b26-15-/t28-/m0/s1. The molecule has 2 heterocycles. The second-order valence-electron chi connectivity index (χ2n) is 9.84. The van der Waals surface area contributed by atoms with Gasteiger partial charge in [-0.15, -0.1) is 0 Å². The molecule has 232 valence electrons. The number of esters is 2. The van der Waals surface area contributed by atoms with Gasteiger partial charge in [0, 0.05) is 15.6 Å². The molecule has 0 aliphatic carbocycles. The number of hydrogen-bond donors (Lipinski definition) is 0. The van der Waals surface area contributed by atoms with Crippen molar-refractivity contribution in [3.8, 4) is 5.75 Å². The Kier molecular flexibility index (Phi) is 10.3. The molecule has 4 aromatic rings. The number of aromatic nitrogens is 1. The molecule has 1 aliphatic heterocycles. The Labute approximate surface area is 281 Å². The second kappa shape index (κ2) is 14.2. The summed E-state index contributed by atoms with van der Waals surface area (Å²) in [6.07, 6.45) is 1.69. The van der Waals surface area contributed by atoms with Crippen LogP contribution in [0.4, 0.5) is 0 Å². The topological polar surface area (TPSA) is 96.2 Å². The molecule has 0 radical (unpaired) electrons. The Hall–Kier alpha value is -3.70. The SMILES string of the molecule is CCOC(=O)C1=C(C)N=c2s/c(=C\c3cc(Cl)cc(Br)c3OCc3ccc(C(=O)OCC)cc3)c(=O)n2[C@H]1c1ccccc1Cl. The van der Waals surface area contributed by atoms with Gasteiger partial charge in [-0.05, 0) is 84.2 Å². The molecule has 1 atom stereocenters. The normalized spacial score (nSPS) is 14.5. The van der Waals surface area contributed by atoms with Crippen molar-refractivity contribution in [2.45, 2.75) is 33.4 Å². The van der Waals surface area contributed by atoms with Gasteiger partial charge >= 0.3 is 11.9 Å². The van der Waals surface area contributed by atoms with Crippen LogP contribution < -0.4 is 19.6 Å². The quantitative estimate of drug-likeness (QED) is 0.180. The summed E-state index contributed by atoms with van der Waals surface area (Å²) in [5, 5.41) is 0.833. The fourth-order valence-corrected chi connectivity index (χ4v) is 7.10. The highest BCUT2D eigenvalue weighted by Crippen LogP contribution is 2.36. The molecular weight excluding hydrogens is 703 g/mol. The fourth-order valence-electron chi connectivity index (χ4n) is 4.87. The van der Waals surface area contributed by atoms with E-state index in [0.717, 1.165) is 5.56 Å². The van der Waals surface area contributed by atoms with E-state index in [4.69, 9.17) is 37.4 Å². The van der Waals surface area contributed by atoms with Crippen molar-refractivity contribution in [1.29, 1.82) is 0 Å². The van der Waals surface area contributed by atoms with E-state index in [2.05, 4.69) is 20.9 Å². The Morgan fingerprint density at radius 3 is 2.40 bits per heavy atom. The van der Waals surface area contributed by atoms with Gasteiger partial charge in [0.05, 0.1) is 39.1 Å². The summed E-state index contributed by atoms with van der Waals surface area (Å²) in [7, 11) is 0. The number of carbonyl (C=O) groups excluding carboxylic acids is 2. The highest BCUT2D eigenvalue weighted by atomic mass is 79.9. The van der Waals surface area contributed by atoms with E-state index < -0.39 is 18.0 Å². The average molecular weight is 730 g/mol. The lowest BCUT2D eigenvalue weighted by Gasteiger charge is -2.25. The molecule has 3 aromatic carbocycles. The summed E-state index contributed by atoms with van der Waals surface area (Å²) >= 11 is 17.7. The minimum atomic E-state index is -0.837. The first kappa shape index (κ1) is 32.7. The van der Waals surface area contributed by atoms with Crippen molar-refractivity contribution in [1.82, 2.24) is 4.57 Å². The lowest BCUT2D eigenvalue weighted by atomic mass is 9.96. The number of fused-ring (bicyclic) bond motifs is 1. The van der Waals surface area contributed by atoms with Gasteiger partial charge in [0.15, 0.2) is 4.80 Å². The highest BCUT2D eigenvalue weighted by molar-refractivity contribution is 9.10. The molecule has 0 spiro atoms. The van der Waals surface area contributed by atoms with Crippen molar-refractivity contribution < 1.29 is 23.8 Å². The van der Waals surface area contributed by atoms with Crippen LogP contribution in [0.2, 0.25) is 10.0 Å². The summed E-state index contributed by atoms with van der Waals surface area (Å²) < 4.78 is 19.0. The summed E-state index contributed by atoms with van der Waals surface area (Å²) in [4.78, 5) is 44.3. The van der Waals surface area contributed by atoms with E-state index in [1.165, 1.54) is 15.9 Å². The van der Waals surface area contributed by atoms with E-state index >= 15 is 0 Å². The molecular formula is C33H27BrCl2N2O6S. The molecule has 1 aliphatic rings. The summed E-state index contributed by atoms with van der Waals surface area (Å²) in [6, 6.07) is 16.6. The zero-order chi connectivity index (χ0) is 32.2. The first-order valence-corrected chi connectivity index (χ1v) is 16.3. The Morgan fingerprint density at radius 1 is 1.02 bits per heavy atom. The van der Waals surface area contributed by atoms with Crippen LogP contribution in [0, 0.1) is 0 Å². The number of halogens is 3. The summed E-state index contributed by atoms with van der Waals surface area (Å²) in [5.74, 6) is -0.496. The van der Waals surface area contributed by atoms with Gasteiger partial charge in [-0.3, -0.25) is 9.36 Å². The minimum absolute atomic E-state index is 0.164. The first-order valence-electron chi connectivity index (χ1n) is 13.9. The van der Waals surface area contributed by atoms with Crippen molar-refractivity contribution >= 4 is 68.5 Å². The summed E-state index contributed by atoms with van der Waals surface area (Å²) in [6.45, 7) is 5.82. The van der Waals surface area contributed by atoms with Crippen LogP contribution in [0.25, 0.3) is 6.08 Å². The van der Waals surface area contributed by atoms with Crippen molar-refractivity contribution in [3.05, 3.63) is 128 Å². The minimum Gasteiger partial charge on any atom is -0.487 e. The van der Waals surface area contributed by atoms with Gasteiger partial charge in [0.25, 0.3) is 5.56 Å². The van der Waals surface area contributed by atoms with E-state index in [-0.39, 0.29) is 24.3 Å². The molecule has 8 nitrogen and oxygen atoms in total. The summed E-state index contributed by atoms with van der Waals surface area (Å²) in [5.41, 5.74) is 2.71. The molecule has 0 N–H and O–H groups in total. The van der Waals surface area contributed by atoms with Crippen LogP contribution in [0.5, 0.6) is 5.75 Å². The molecule has 0 unspecified atom stereocenters. The van der Waals surface area contributed by atoms with Gasteiger partial charge in [0.1, 0.15) is 18.4 Å². The van der Waals surface area contributed by atoms with Crippen LogP contribution in [-0.4, -0.2) is 29.7 Å². The molecule has 0 fully saturated rings. The highest BCUT2D eigenvalue weighted by Gasteiger charge is 2.34. The molecule has 0 amide bonds. The smallest absolute Gasteiger partial charge is 0.338 e. The van der Waals surface area contributed by atoms with Crippen LogP contribution >= 0.6 is 50.5 Å². The van der Waals surface area contributed by atoms with Gasteiger partial charge < -0.3 is 14.2 Å². The number of thiazole rings is 1. The third kappa shape index (κ3) is 6.94. The number of nitrogens with zero attached hydrogens (tertiary/aromatic N) is 2. The van der Waals surface area contributed by atoms with E-state index in [0.29, 0.717) is 58.6 Å². The zero-order valence-electron chi connectivity index (χ0n) is 24.4. The van der Waals surface area contributed by atoms with E-state index in [1.54, 1.807) is 87.5 Å². The maximum Gasteiger partial charge on any atom is 0.338 e. The van der Waals surface area contributed by atoms with Crippen molar-refractivity contribution in [2.75, 3.05) is 13.2 Å². The van der Waals surface area contributed by atoms with E-state index in [1.807, 2.05) is 0 Å². The third-order valence-corrected chi connectivity index (χ3v) is 9.02. The molecule has 1 aromatic heterocycles. The number of benzene rings is 3. The van der Waals surface area contributed by atoms with Crippen LogP contribution in [0.3, 0.4) is 0 Å². The molecule has 0 saturated heterocycles. The number of carbonyl (C=O) groups is 2. The average Bonchev–Trinajstić information content (AvgIpc) is 3.30. The predicted molar refractivity (Wildman–Crippen MR) is 178 cm³/mol. The maximum absolute atomic E-state index is 14.1. The zero-order valence-corrected chi connectivity index (χ0v) is 28.3. The number of hydrogen-bond acceptors (Lipinski definition) is 8. The lowest BCUT2D eigenvalue weighted by Crippen LogP contribution is -2.40. The van der Waals surface area contributed by atoms with Gasteiger partial charge in [-0.1, -0.05) is 64.9 Å². The number of ether oxygens (including phenoxy) is 3. The predicted octanol–water partition coefficient (Wildman–Crippen LogP) is 6.62. The van der Waals surface area contributed by atoms with Crippen molar-refractivity contribution in [3.63, 3.8) is 0 Å². The van der Waals surface area contributed by atoms with Crippen LogP contribution in [0.1, 0.15) is 53.9 Å². The molecule has 0 saturated carbocycles. The van der Waals surface area contributed by atoms with Gasteiger partial charge in [-0.2, -0.15) is 0 Å². The second-order valence-corrected chi connectivity index (χ2v) is 12.5. The fraction of sp³-hybridized carbons (Fsp3) is 0.212. The molecule has 5 rings (SSSR count). The lowest BCUT2D eigenvalue weighted by molar-refractivity contribution is -0.139. The van der Waals surface area contributed by atoms with Crippen LogP contribution in [0.15, 0.2) is 86.2 Å². The molecule has 45 heavy (non-hydrogen) atoms. The largest absolute Gasteiger partial charge is 0.487 e. The Morgan fingerprint density at radius 2 is 1.71 bits per heavy atom. The third-order valence-electron chi connectivity index (χ3n) is 6.89. The monoisotopic (exact) mass is 728 g/mol. The van der Waals surface area contributed by atoms with E-state index in [9.17, 15) is 14.4 Å². The molecule has 12 heteroatoms. The molecule has 0 bridgehead atoms. The number of allylic oxidation sites excluding steroid dienone is 1. The first-order chi connectivity index (χ1) is 21.6. The Balaban J connectivity index is 1.57. The van der Waals surface area contributed by atoms with Crippen LogP contribution in [-0.2, 0) is 20.9 Å². The Bertz CT molecular complexity index is 2000.